The van der Waals surface area contributed by atoms with Gasteiger partial charge in [0.1, 0.15) is 0 Å². The fourth-order valence-corrected chi connectivity index (χ4v) is 2.92. The third-order valence-corrected chi connectivity index (χ3v) is 4.30. The lowest BCUT2D eigenvalue weighted by Gasteiger charge is -2.10. The van der Waals surface area contributed by atoms with Gasteiger partial charge in [0.05, 0.1) is 5.52 Å². The molecule has 3 nitrogen and oxygen atoms in total. The second-order valence-corrected chi connectivity index (χ2v) is 5.66. The van der Waals surface area contributed by atoms with Crippen LogP contribution >= 0.6 is 0 Å². The summed E-state index contributed by atoms with van der Waals surface area (Å²) in [6.07, 6.45) is 2.05. The Labute approximate surface area is 113 Å². The van der Waals surface area contributed by atoms with Gasteiger partial charge in [-0.15, -0.1) is 0 Å². The second kappa shape index (κ2) is 4.82. The van der Waals surface area contributed by atoms with Crippen molar-refractivity contribution in [1.29, 1.82) is 0 Å². The van der Waals surface area contributed by atoms with Crippen LogP contribution in [0.1, 0.15) is 23.1 Å². The molecule has 1 unspecified atom stereocenters. The molecular formula is C16H20N2O. The first-order valence-corrected chi connectivity index (χ1v) is 6.98. The lowest BCUT2D eigenvalue weighted by molar-refractivity contribution is 0.577. The zero-order chi connectivity index (χ0) is 13.4. The molecule has 0 aliphatic carbocycles. The highest BCUT2D eigenvalue weighted by molar-refractivity contribution is 5.83. The topological polar surface area (TPSA) is 44.9 Å². The van der Waals surface area contributed by atoms with Gasteiger partial charge in [-0.1, -0.05) is 12.1 Å². The van der Waals surface area contributed by atoms with Crippen molar-refractivity contribution in [3.8, 4) is 0 Å². The van der Waals surface area contributed by atoms with Crippen LogP contribution in [0.3, 0.4) is 0 Å². The van der Waals surface area contributed by atoms with Gasteiger partial charge in [-0.3, -0.25) is 4.79 Å². The van der Waals surface area contributed by atoms with E-state index in [0.29, 0.717) is 5.92 Å². The minimum atomic E-state index is 0.0769. The molecule has 1 fully saturated rings. The number of fused-ring (bicyclic) bond motifs is 1. The quantitative estimate of drug-likeness (QED) is 0.866. The van der Waals surface area contributed by atoms with Crippen LogP contribution < -0.4 is 10.9 Å². The molecule has 0 saturated carbocycles. The number of pyridine rings is 1. The monoisotopic (exact) mass is 256 g/mol. The van der Waals surface area contributed by atoms with Crippen molar-refractivity contribution in [3.63, 3.8) is 0 Å². The summed E-state index contributed by atoms with van der Waals surface area (Å²) in [4.78, 5) is 15.3. The smallest absolute Gasteiger partial charge is 0.251 e. The zero-order valence-corrected chi connectivity index (χ0v) is 11.5. The van der Waals surface area contributed by atoms with E-state index in [1.165, 1.54) is 17.5 Å². The molecule has 3 heteroatoms. The number of hydrogen-bond acceptors (Lipinski definition) is 2. The lowest BCUT2D eigenvalue weighted by atomic mass is 9.97. The number of nitrogens with one attached hydrogen (secondary N) is 2. The van der Waals surface area contributed by atoms with Crippen LogP contribution in [0.5, 0.6) is 0 Å². The summed E-state index contributed by atoms with van der Waals surface area (Å²) in [5, 5.41) is 4.50. The largest absolute Gasteiger partial charge is 0.321 e. The summed E-state index contributed by atoms with van der Waals surface area (Å²) in [6.45, 7) is 6.25. The summed E-state index contributed by atoms with van der Waals surface area (Å²) >= 11 is 0. The fourth-order valence-electron chi connectivity index (χ4n) is 2.92. The molecule has 0 radical (unpaired) electrons. The molecule has 1 saturated heterocycles. The van der Waals surface area contributed by atoms with Crippen molar-refractivity contribution in [2.45, 2.75) is 26.7 Å². The van der Waals surface area contributed by atoms with E-state index in [4.69, 9.17) is 0 Å². The predicted molar refractivity (Wildman–Crippen MR) is 78.7 cm³/mol. The van der Waals surface area contributed by atoms with Gasteiger partial charge in [-0.25, -0.2) is 0 Å². The van der Waals surface area contributed by atoms with Gasteiger partial charge in [0.25, 0.3) is 5.56 Å². The average Bonchev–Trinajstić information content (AvgIpc) is 2.89. The van der Waals surface area contributed by atoms with E-state index in [2.05, 4.69) is 42.3 Å². The molecule has 0 bridgehead atoms. The summed E-state index contributed by atoms with van der Waals surface area (Å²) in [6, 6.07) is 6.29. The van der Waals surface area contributed by atoms with E-state index in [-0.39, 0.29) is 5.56 Å². The Morgan fingerprint density at radius 1 is 1.32 bits per heavy atom. The molecule has 2 aromatic rings. The number of rotatable bonds is 2. The van der Waals surface area contributed by atoms with E-state index in [1.54, 1.807) is 0 Å². The van der Waals surface area contributed by atoms with Crippen molar-refractivity contribution in [3.05, 3.63) is 45.2 Å². The van der Waals surface area contributed by atoms with Gasteiger partial charge in [-0.2, -0.15) is 0 Å². The third-order valence-electron chi connectivity index (χ3n) is 4.30. The van der Waals surface area contributed by atoms with Crippen molar-refractivity contribution >= 4 is 10.9 Å². The number of H-pyrrole nitrogens is 1. The van der Waals surface area contributed by atoms with Gasteiger partial charge in [0, 0.05) is 5.56 Å². The Morgan fingerprint density at radius 3 is 2.89 bits per heavy atom. The van der Waals surface area contributed by atoms with E-state index in [9.17, 15) is 4.79 Å². The van der Waals surface area contributed by atoms with Crippen LogP contribution in [0.4, 0.5) is 0 Å². The van der Waals surface area contributed by atoms with E-state index in [1.807, 2.05) is 0 Å². The maximum Gasteiger partial charge on any atom is 0.251 e. The number of benzene rings is 1. The first-order chi connectivity index (χ1) is 9.15. The van der Waals surface area contributed by atoms with Crippen LogP contribution in [0.15, 0.2) is 23.0 Å². The highest BCUT2D eigenvalue weighted by atomic mass is 16.1. The van der Waals surface area contributed by atoms with Crippen molar-refractivity contribution < 1.29 is 0 Å². The summed E-state index contributed by atoms with van der Waals surface area (Å²) in [5.74, 6) is 0.602. The lowest BCUT2D eigenvalue weighted by Crippen LogP contribution is -2.18. The van der Waals surface area contributed by atoms with E-state index >= 15 is 0 Å². The molecule has 2 N–H and O–H groups in total. The Bertz CT molecular complexity index is 666. The van der Waals surface area contributed by atoms with Crippen molar-refractivity contribution in [2.24, 2.45) is 5.92 Å². The van der Waals surface area contributed by atoms with Gasteiger partial charge in [0.15, 0.2) is 0 Å². The van der Waals surface area contributed by atoms with Crippen molar-refractivity contribution in [2.75, 3.05) is 13.1 Å². The summed E-state index contributed by atoms with van der Waals surface area (Å²) < 4.78 is 0. The molecule has 100 valence electrons. The molecule has 1 aliphatic heterocycles. The first kappa shape index (κ1) is 12.4. The van der Waals surface area contributed by atoms with Gasteiger partial charge >= 0.3 is 0 Å². The average molecular weight is 256 g/mol. The maximum atomic E-state index is 12.2. The van der Waals surface area contributed by atoms with Crippen LogP contribution in [-0.2, 0) is 6.42 Å². The minimum absolute atomic E-state index is 0.0769. The normalized spacial score (nSPS) is 19.2. The van der Waals surface area contributed by atoms with E-state index < -0.39 is 0 Å². The molecule has 19 heavy (non-hydrogen) atoms. The molecule has 0 spiro atoms. The standard InChI is InChI=1S/C16H20N2O/c1-10-3-4-13-8-14(7-12-5-6-17-9-12)16(19)18-15(13)11(10)2/h3-4,8,12,17H,5-7,9H2,1-2H3,(H,18,19). The third kappa shape index (κ3) is 2.30. The predicted octanol–water partition coefficient (Wildman–Crippen LogP) is 2.30. The molecule has 1 aromatic carbocycles. The highest BCUT2D eigenvalue weighted by Crippen LogP contribution is 2.20. The molecule has 1 aliphatic rings. The molecule has 1 atom stereocenters. The number of aromatic nitrogens is 1. The van der Waals surface area contributed by atoms with Crippen LogP contribution in [0, 0.1) is 19.8 Å². The van der Waals surface area contributed by atoms with Gasteiger partial charge in [0.2, 0.25) is 0 Å². The van der Waals surface area contributed by atoms with Crippen LogP contribution in [0.2, 0.25) is 0 Å². The maximum absolute atomic E-state index is 12.2. The summed E-state index contributed by atoms with van der Waals surface area (Å²) in [7, 11) is 0. The number of hydrogen-bond donors (Lipinski definition) is 2. The molecule has 3 rings (SSSR count). The molecule has 2 heterocycles. The SMILES string of the molecule is Cc1ccc2cc(CC3CCNC3)c(=O)[nH]c2c1C. The zero-order valence-electron chi connectivity index (χ0n) is 11.5. The van der Waals surface area contributed by atoms with Crippen molar-refractivity contribution in [1.82, 2.24) is 10.3 Å². The first-order valence-electron chi connectivity index (χ1n) is 6.98. The highest BCUT2D eigenvalue weighted by Gasteiger charge is 2.17. The van der Waals surface area contributed by atoms with E-state index in [0.717, 1.165) is 36.0 Å². The Balaban J connectivity index is 2.04. The second-order valence-electron chi connectivity index (χ2n) is 5.66. The van der Waals surface area contributed by atoms with Crippen LogP contribution in [0.25, 0.3) is 10.9 Å². The Hall–Kier alpha value is -1.61. The Kier molecular flexibility index (Phi) is 3.15. The van der Waals surface area contributed by atoms with Crippen LogP contribution in [-0.4, -0.2) is 18.1 Å². The molecular weight excluding hydrogens is 236 g/mol. The molecule has 1 aromatic heterocycles. The molecule has 0 amide bonds. The Morgan fingerprint density at radius 2 is 2.16 bits per heavy atom. The fraction of sp³-hybridized carbons (Fsp3) is 0.438. The van der Waals surface area contributed by atoms with Gasteiger partial charge < -0.3 is 10.3 Å². The number of aryl methyl sites for hydroxylation is 2. The summed E-state index contributed by atoms with van der Waals surface area (Å²) in [5.41, 5.74) is 4.37. The number of aromatic amines is 1. The van der Waals surface area contributed by atoms with Gasteiger partial charge in [-0.05, 0) is 68.3 Å². The minimum Gasteiger partial charge on any atom is -0.321 e.